The lowest BCUT2D eigenvalue weighted by molar-refractivity contribution is 1.03. The van der Waals surface area contributed by atoms with Gasteiger partial charge in [-0.2, -0.15) is 16.6 Å². The first-order valence-electron chi connectivity index (χ1n) is 6.38. The Bertz CT molecular complexity index is 765. The molecule has 3 aromatic heterocycles. The number of aryl methyl sites for hydroxylation is 1. The zero-order chi connectivity index (χ0) is 13.9. The van der Waals surface area contributed by atoms with Crippen LogP contribution in [0.2, 0.25) is 0 Å². The first-order chi connectivity index (χ1) is 9.79. The van der Waals surface area contributed by atoms with Crippen molar-refractivity contribution in [1.82, 2.24) is 9.38 Å². The van der Waals surface area contributed by atoms with Crippen LogP contribution in [0.3, 0.4) is 0 Å². The molecule has 0 bridgehead atoms. The summed E-state index contributed by atoms with van der Waals surface area (Å²) in [7, 11) is 0. The molecule has 0 amide bonds. The van der Waals surface area contributed by atoms with Gasteiger partial charge in [0.25, 0.3) is 0 Å². The highest BCUT2D eigenvalue weighted by Gasteiger charge is 2.11. The molecule has 3 heterocycles. The molecule has 0 fully saturated rings. The Kier molecular flexibility index (Phi) is 3.40. The minimum Gasteiger partial charge on any atom is -0.378 e. The number of pyridine rings is 1. The summed E-state index contributed by atoms with van der Waals surface area (Å²) in [5.41, 5.74) is 5.01. The molecule has 0 radical (unpaired) electrons. The van der Waals surface area contributed by atoms with Crippen LogP contribution in [0.5, 0.6) is 0 Å². The maximum absolute atomic E-state index is 8.91. The standard InChI is InChI=1S/C15H14N4S/c1-11-14(4-6-16)19-7-2-3-13(15(19)18-11)17-9-12-5-8-20-10-12/h2-3,5,7-8,10,17H,4,9H2,1H3. The SMILES string of the molecule is Cc1nc2c(NCc3ccsc3)cccn2c1CC#N. The van der Waals surface area contributed by atoms with E-state index in [1.54, 1.807) is 11.3 Å². The van der Waals surface area contributed by atoms with Crippen molar-refractivity contribution in [3.63, 3.8) is 0 Å². The van der Waals surface area contributed by atoms with Crippen molar-refractivity contribution >= 4 is 22.7 Å². The Labute approximate surface area is 121 Å². The smallest absolute Gasteiger partial charge is 0.160 e. The third-order valence-electron chi connectivity index (χ3n) is 3.26. The fraction of sp³-hybridized carbons (Fsp3) is 0.200. The van der Waals surface area contributed by atoms with Crippen LogP contribution in [-0.4, -0.2) is 9.38 Å². The normalized spacial score (nSPS) is 10.6. The van der Waals surface area contributed by atoms with Gasteiger partial charge in [-0.3, -0.25) is 0 Å². The molecule has 4 nitrogen and oxygen atoms in total. The zero-order valence-electron chi connectivity index (χ0n) is 11.1. The minimum absolute atomic E-state index is 0.376. The van der Waals surface area contributed by atoms with Gasteiger partial charge in [-0.05, 0) is 41.4 Å². The number of fused-ring (bicyclic) bond motifs is 1. The Balaban J connectivity index is 1.95. The van der Waals surface area contributed by atoms with Gasteiger partial charge >= 0.3 is 0 Å². The molecular weight excluding hydrogens is 268 g/mol. The van der Waals surface area contributed by atoms with Gasteiger partial charge in [-0.25, -0.2) is 4.98 Å². The van der Waals surface area contributed by atoms with Gasteiger partial charge in [-0.1, -0.05) is 0 Å². The van der Waals surface area contributed by atoms with Gasteiger partial charge < -0.3 is 9.72 Å². The molecule has 0 aromatic carbocycles. The molecular formula is C15H14N4S. The van der Waals surface area contributed by atoms with E-state index in [2.05, 4.69) is 33.2 Å². The molecule has 20 heavy (non-hydrogen) atoms. The first kappa shape index (κ1) is 12.7. The average molecular weight is 282 g/mol. The van der Waals surface area contributed by atoms with Gasteiger partial charge in [0.15, 0.2) is 5.65 Å². The van der Waals surface area contributed by atoms with Gasteiger partial charge in [0.1, 0.15) is 0 Å². The molecule has 0 spiro atoms. The lowest BCUT2D eigenvalue weighted by Gasteiger charge is -2.07. The van der Waals surface area contributed by atoms with Gasteiger partial charge in [0, 0.05) is 12.7 Å². The van der Waals surface area contributed by atoms with E-state index >= 15 is 0 Å². The highest BCUT2D eigenvalue weighted by atomic mass is 32.1. The lowest BCUT2D eigenvalue weighted by atomic mass is 10.3. The number of thiophene rings is 1. The summed E-state index contributed by atoms with van der Waals surface area (Å²) in [5.74, 6) is 0. The van der Waals surface area contributed by atoms with Crippen molar-refractivity contribution in [2.24, 2.45) is 0 Å². The van der Waals surface area contributed by atoms with Crippen LogP contribution in [0.4, 0.5) is 5.69 Å². The Morgan fingerprint density at radius 3 is 3.10 bits per heavy atom. The number of imidazole rings is 1. The number of hydrogen-bond acceptors (Lipinski definition) is 4. The van der Waals surface area contributed by atoms with Gasteiger partial charge in [0.05, 0.1) is 29.6 Å². The van der Waals surface area contributed by atoms with Crippen LogP contribution in [-0.2, 0) is 13.0 Å². The summed E-state index contributed by atoms with van der Waals surface area (Å²) >= 11 is 1.69. The van der Waals surface area contributed by atoms with Crippen molar-refractivity contribution in [2.75, 3.05) is 5.32 Å². The van der Waals surface area contributed by atoms with E-state index in [9.17, 15) is 0 Å². The molecule has 0 aliphatic rings. The number of hydrogen-bond donors (Lipinski definition) is 1. The van der Waals surface area contributed by atoms with E-state index < -0.39 is 0 Å². The van der Waals surface area contributed by atoms with Crippen LogP contribution in [0.15, 0.2) is 35.2 Å². The largest absolute Gasteiger partial charge is 0.378 e. The van der Waals surface area contributed by atoms with Crippen molar-refractivity contribution in [2.45, 2.75) is 19.9 Å². The molecule has 5 heteroatoms. The Morgan fingerprint density at radius 2 is 2.35 bits per heavy atom. The maximum atomic E-state index is 8.91. The molecule has 0 aliphatic carbocycles. The van der Waals surface area contributed by atoms with E-state index in [1.165, 1.54) is 5.56 Å². The number of nitrogens with one attached hydrogen (secondary N) is 1. The summed E-state index contributed by atoms with van der Waals surface area (Å²) < 4.78 is 1.99. The topological polar surface area (TPSA) is 53.1 Å². The number of anilines is 1. The fourth-order valence-corrected chi connectivity index (χ4v) is 2.91. The lowest BCUT2D eigenvalue weighted by Crippen LogP contribution is -2.01. The summed E-state index contributed by atoms with van der Waals surface area (Å²) in [5, 5.41) is 16.5. The molecule has 0 unspecified atom stereocenters. The Hall–Kier alpha value is -2.32. The van der Waals surface area contributed by atoms with E-state index in [1.807, 2.05) is 29.7 Å². The van der Waals surface area contributed by atoms with Crippen molar-refractivity contribution < 1.29 is 0 Å². The second-order valence-electron chi connectivity index (χ2n) is 4.58. The molecule has 0 atom stereocenters. The fourth-order valence-electron chi connectivity index (χ4n) is 2.25. The highest BCUT2D eigenvalue weighted by Crippen LogP contribution is 2.21. The van der Waals surface area contributed by atoms with E-state index in [0.717, 1.165) is 29.3 Å². The number of aromatic nitrogens is 2. The second kappa shape index (κ2) is 5.35. The van der Waals surface area contributed by atoms with E-state index in [0.29, 0.717) is 6.42 Å². The predicted molar refractivity (Wildman–Crippen MR) is 80.9 cm³/mol. The summed E-state index contributed by atoms with van der Waals surface area (Å²) in [6.07, 6.45) is 2.33. The molecule has 1 N–H and O–H groups in total. The van der Waals surface area contributed by atoms with Crippen LogP contribution in [0.25, 0.3) is 5.65 Å². The summed E-state index contributed by atoms with van der Waals surface area (Å²) in [4.78, 5) is 4.58. The van der Waals surface area contributed by atoms with Crippen LogP contribution in [0, 0.1) is 18.3 Å². The summed E-state index contributed by atoms with van der Waals surface area (Å²) in [6.45, 7) is 2.73. The predicted octanol–water partition coefficient (Wildman–Crippen LogP) is 3.38. The maximum Gasteiger partial charge on any atom is 0.160 e. The first-order valence-corrected chi connectivity index (χ1v) is 7.32. The Morgan fingerprint density at radius 1 is 1.45 bits per heavy atom. The second-order valence-corrected chi connectivity index (χ2v) is 5.36. The molecule has 0 saturated carbocycles. The number of nitrogens with zero attached hydrogens (tertiary/aromatic N) is 3. The third-order valence-corrected chi connectivity index (χ3v) is 3.99. The average Bonchev–Trinajstić information content (AvgIpc) is 3.06. The number of rotatable bonds is 4. The monoisotopic (exact) mass is 282 g/mol. The van der Waals surface area contributed by atoms with Gasteiger partial charge in [0.2, 0.25) is 0 Å². The zero-order valence-corrected chi connectivity index (χ0v) is 11.9. The molecule has 0 saturated heterocycles. The van der Waals surface area contributed by atoms with E-state index in [4.69, 9.17) is 5.26 Å². The molecule has 0 aliphatic heterocycles. The molecule has 100 valence electrons. The van der Waals surface area contributed by atoms with E-state index in [-0.39, 0.29) is 0 Å². The van der Waals surface area contributed by atoms with Crippen LogP contribution in [0.1, 0.15) is 17.0 Å². The third kappa shape index (κ3) is 2.26. The summed E-state index contributed by atoms with van der Waals surface area (Å²) in [6, 6.07) is 8.30. The van der Waals surface area contributed by atoms with Crippen LogP contribution < -0.4 is 5.32 Å². The quantitative estimate of drug-likeness (QED) is 0.798. The number of nitriles is 1. The van der Waals surface area contributed by atoms with Crippen molar-refractivity contribution in [3.8, 4) is 6.07 Å². The van der Waals surface area contributed by atoms with Crippen molar-refractivity contribution in [1.29, 1.82) is 5.26 Å². The van der Waals surface area contributed by atoms with Crippen LogP contribution >= 0.6 is 11.3 Å². The molecule has 3 rings (SSSR count). The molecule has 3 aromatic rings. The minimum atomic E-state index is 0.376. The highest BCUT2D eigenvalue weighted by molar-refractivity contribution is 7.07. The van der Waals surface area contributed by atoms with Crippen molar-refractivity contribution in [3.05, 3.63) is 52.1 Å². The van der Waals surface area contributed by atoms with Gasteiger partial charge in [-0.15, -0.1) is 0 Å².